The number of hydrogen-bond donors (Lipinski definition) is 1. The van der Waals surface area contributed by atoms with Crippen LogP contribution in [0.25, 0.3) is 0 Å². The van der Waals surface area contributed by atoms with Crippen LogP contribution in [0, 0.1) is 0 Å². The molecule has 0 unspecified atom stereocenters. The van der Waals surface area contributed by atoms with Crippen LogP contribution in [0.4, 0.5) is 0 Å². The lowest BCUT2D eigenvalue weighted by Crippen LogP contribution is -2.18. The van der Waals surface area contributed by atoms with E-state index in [1.807, 2.05) is 0 Å². The molecule has 0 bridgehead atoms. The highest BCUT2D eigenvalue weighted by atomic mass is 16.5. The molecule has 1 atom stereocenters. The molecule has 0 aliphatic rings. The van der Waals surface area contributed by atoms with Gasteiger partial charge in [-0.3, -0.25) is 9.59 Å². The summed E-state index contributed by atoms with van der Waals surface area (Å²) in [7, 11) is 0. The first-order chi connectivity index (χ1) is 19.6. The number of carboxylic acids is 1. The van der Waals surface area contributed by atoms with E-state index in [1.165, 1.54) is 122 Å². The number of carboxylic acid groups (broad SMARTS) is 1. The molecule has 238 valence electrons. The molecule has 4 nitrogen and oxygen atoms in total. The second kappa shape index (κ2) is 32.5. The third kappa shape index (κ3) is 31.5. The van der Waals surface area contributed by atoms with Crippen molar-refractivity contribution in [3.05, 3.63) is 0 Å². The van der Waals surface area contributed by atoms with Crippen LogP contribution in [0.1, 0.15) is 213 Å². The quantitative estimate of drug-likeness (QED) is 0.0633. The fraction of sp³-hybridized carbons (Fsp3) is 0.944. The van der Waals surface area contributed by atoms with Crippen LogP contribution in [0.5, 0.6) is 0 Å². The average Bonchev–Trinajstić information content (AvgIpc) is 2.93. The number of ether oxygens (including phenoxy) is 1. The predicted molar refractivity (Wildman–Crippen MR) is 172 cm³/mol. The van der Waals surface area contributed by atoms with Crippen molar-refractivity contribution in [3.8, 4) is 0 Å². The smallest absolute Gasteiger partial charge is 0.306 e. The summed E-state index contributed by atoms with van der Waals surface area (Å²) in [4.78, 5) is 23.2. The number of aliphatic carboxylic acids is 1. The Bertz CT molecular complexity index is 533. The summed E-state index contributed by atoms with van der Waals surface area (Å²) in [5.74, 6) is -0.695. The van der Waals surface area contributed by atoms with Crippen LogP contribution in [-0.2, 0) is 14.3 Å². The Morgan fingerprint density at radius 1 is 0.450 bits per heavy atom. The maximum absolute atomic E-state index is 12.6. The van der Waals surface area contributed by atoms with Crippen LogP contribution in [0.3, 0.4) is 0 Å². The summed E-state index contributed by atoms with van der Waals surface area (Å²) >= 11 is 0. The molecule has 0 aliphatic heterocycles. The van der Waals surface area contributed by atoms with Gasteiger partial charge in [0.15, 0.2) is 0 Å². The van der Waals surface area contributed by atoms with Crippen LogP contribution < -0.4 is 0 Å². The topological polar surface area (TPSA) is 63.6 Å². The van der Waals surface area contributed by atoms with Crippen LogP contribution in [-0.4, -0.2) is 23.1 Å². The van der Waals surface area contributed by atoms with Crippen LogP contribution in [0.2, 0.25) is 0 Å². The standard InChI is InChI=1S/C36H70O4/c1-3-5-7-9-11-12-13-14-15-16-17-18-20-25-29-33-36(39)40-34(30-26-22-19-10-8-6-4-2)31-27-23-21-24-28-32-35(37)38/h34H,3-33H2,1-2H3,(H,37,38)/t34-/m1/s1. The van der Waals surface area contributed by atoms with Gasteiger partial charge in [0.1, 0.15) is 6.10 Å². The molecule has 0 rings (SSSR count). The van der Waals surface area contributed by atoms with Gasteiger partial charge in [-0.15, -0.1) is 0 Å². The Morgan fingerprint density at radius 2 is 0.750 bits per heavy atom. The van der Waals surface area contributed by atoms with Crippen molar-refractivity contribution in [1.29, 1.82) is 0 Å². The zero-order valence-electron chi connectivity index (χ0n) is 27.2. The maximum atomic E-state index is 12.6. The molecule has 0 saturated heterocycles. The van der Waals surface area contributed by atoms with E-state index in [-0.39, 0.29) is 18.5 Å². The van der Waals surface area contributed by atoms with Gasteiger partial charge in [0, 0.05) is 12.8 Å². The predicted octanol–water partition coefficient (Wildman–Crippen LogP) is 12.1. The Labute approximate surface area is 250 Å². The van der Waals surface area contributed by atoms with E-state index in [2.05, 4.69) is 13.8 Å². The summed E-state index contributed by atoms with van der Waals surface area (Å²) in [6, 6.07) is 0. The monoisotopic (exact) mass is 567 g/mol. The van der Waals surface area contributed by atoms with Crippen molar-refractivity contribution in [1.82, 2.24) is 0 Å². The normalized spacial score (nSPS) is 12.1. The average molecular weight is 567 g/mol. The highest BCUT2D eigenvalue weighted by Crippen LogP contribution is 2.19. The van der Waals surface area contributed by atoms with E-state index >= 15 is 0 Å². The van der Waals surface area contributed by atoms with Gasteiger partial charge in [0.05, 0.1) is 0 Å². The SMILES string of the molecule is CCCCCCCCCCCCCCCCCC(=O)O[C@H](CCCCCCCCC)CCCCCCCC(=O)O. The van der Waals surface area contributed by atoms with Gasteiger partial charge in [-0.1, -0.05) is 162 Å². The molecule has 0 aliphatic carbocycles. The molecule has 0 aromatic heterocycles. The number of carbonyl (C=O) groups is 2. The first kappa shape index (κ1) is 38.9. The minimum absolute atomic E-state index is 0.00379. The van der Waals surface area contributed by atoms with Crippen molar-refractivity contribution in [2.24, 2.45) is 0 Å². The van der Waals surface area contributed by atoms with Gasteiger partial charge < -0.3 is 9.84 Å². The van der Waals surface area contributed by atoms with E-state index in [4.69, 9.17) is 9.84 Å². The molecule has 40 heavy (non-hydrogen) atoms. The minimum atomic E-state index is -0.698. The van der Waals surface area contributed by atoms with Crippen LogP contribution in [0.15, 0.2) is 0 Å². The summed E-state index contributed by atoms with van der Waals surface area (Å²) in [6.45, 7) is 4.54. The van der Waals surface area contributed by atoms with Crippen molar-refractivity contribution in [3.63, 3.8) is 0 Å². The molecule has 0 amide bonds. The molecule has 0 radical (unpaired) electrons. The lowest BCUT2D eigenvalue weighted by atomic mass is 10.0. The summed E-state index contributed by atoms with van der Waals surface area (Å²) in [5.41, 5.74) is 0. The highest BCUT2D eigenvalue weighted by Gasteiger charge is 2.14. The Balaban J connectivity index is 3.89. The van der Waals surface area contributed by atoms with Crippen LogP contribution >= 0.6 is 0 Å². The zero-order chi connectivity index (χ0) is 29.4. The number of esters is 1. The molecule has 4 heteroatoms. The fourth-order valence-corrected chi connectivity index (χ4v) is 5.66. The second-order valence-electron chi connectivity index (χ2n) is 12.4. The number of carbonyl (C=O) groups excluding carboxylic acids is 1. The third-order valence-electron chi connectivity index (χ3n) is 8.33. The molecule has 0 fully saturated rings. The first-order valence-corrected chi connectivity index (χ1v) is 18.0. The Kier molecular flexibility index (Phi) is 31.6. The van der Waals surface area contributed by atoms with E-state index < -0.39 is 5.97 Å². The molecule has 1 N–H and O–H groups in total. The molecule has 0 spiro atoms. The van der Waals surface area contributed by atoms with Crippen molar-refractivity contribution < 1.29 is 19.4 Å². The fourth-order valence-electron chi connectivity index (χ4n) is 5.66. The van der Waals surface area contributed by atoms with E-state index in [0.717, 1.165) is 64.2 Å². The Hall–Kier alpha value is -1.06. The molecule has 0 aromatic rings. The maximum Gasteiger partial charge on any atom is 0.306 e. The highest BCUT2D eigenvalue weighted by molar-refractivity contribution is 5.69. The van der Waals surface area contributed by atoms with Gasteiger partial charge in [-0.2, -0.15) is 0 Å². The minimum Gasteiger partial charge on any atom is -0.481 e. The molecular weight excluding hydrogens is 496 g/mol. The number of hydrogen-bond acceptors (Lipinski definition) is 3. The second-order valence-corrected chi connectivity index (χ2v) is 12.4. The number of unbranched alkanes of at least 4 members (excludes halogenated alkanes) is 24. The van der Waals surface area contributed by atoms with Gasteiger partial charge in [-0.25, -0.2) is 0 Å². The molecule has 0 saturated carbocycles. The largest absolute Gasteiger partial charge is 0.481 e. The van der Waals surface area contributed by atoms with Crippen molar-refractivity contribution in [2.75, 3.05) is 0 Å². The third-order valence-corrected chi connectivity index (χ3v) is 8.33. The van der Waals surface area contributed by atoms with Gasteiger partial charge >= 0.3 is 11.9 Å². The molecule has 0 aromatic carbocycles. The zero-order valence-corrected chi connectivity index (χ0v) is 27.2. The Morgan fingerprint density at radius 3 is 1.10 bits per heavy atom. The summed E-state index contributed by atoms with van der Waals surface area (Å²) in [6.07, 6.45) is 36.9. The van der Waals surface area contributed by atoms with Crippen molar-refractivity contribution in [2.45, 2.75) is 219 Å². The lowest BCUT2D eigenvalue weighted by Gasteiger charge is -2.18. The van der Waals surface area contributed by atoms with Crippen molar-refractivity contribution >= 4 is 11.9 Å². The summed E-state index contributed by atoms with van der Waals surface area (Å²) in [5, 5.41) is 8.77. The first-order valence-electron chi connectivity index (χ1n) is 18.0. The van der Waals surface area contributed by atoms with Gasteiger partial charge in [0.2, 0.25) is 0 Å². The molecule has 0 heterocycles. The van der Waals surface area contributed by atoms with E-state index in [9.17, 15) is 9.59 Å². The van der Waals surface area contributed by atoms with E-state index in [0.29, 0.717) is 6.42 Å². The van der Waals surface area contributed by atoms with Gasteiger partial charge in [-0.05, 0) is 38.5 Å². The summed E-state index contributed by atoms with van der Waals surface area (Å²) < 4.78 is 5.96. The number of rotatable bonds is 33. The van der Waals surface area contributed by atoms with Gasteiger partial charge in [0.25, 0.3) is 0 Å². The lowest BCUT2D eigenvalue weighted by molar-refractivity contribution is -0.150. The molecular formula is C36H70O4. The van der Waals surface area contributed by atoms with E-state index in [1.54, 1.807) is 0 Å².